The number of carbonyl (C=O) groups excluding carboxylic acids is 1. The van der Waals surface area contributed by atoms with Gasteiger partial charge in [-0.3, -0.25) is 4.79 Å². The number of rotatable bonds is 7. The van der Waals surface area contributed by atoms with Crippen LogP contribution in [0.3, 0.4) is 0 Å². The number of benzene rings is 3. The number of hydrogen-bond donors (Lipinski definition) is 1. The second-order valence-corrected chi connectivity index (χ2v) is 9.54. The molecule has 0 saturated carbocycles. The Hall–Kier alpha value is -3.12. The Morgan fingerprint density at radius 1 is 0.900 bits per heavy atom. The molecule has 1 amide bonds. The van der Waals surface area contributed by atoms with Gasteiger partial charge in [-0.15, -0.1) is 0 Å². The van der Waals surface area contributed by atoms with E-state index < -0.39 is 15.1 Å². The first kappa shape index (κ1) is 21.6. The highest BCUT2D eigenvalue weighted by molar-refractivity contribution is 7.91. The van der Waals surface area contributed by atoms with Gasteiger partial charge in [0, 0.05) is 31.9 Å². The molecule has 1 atom stereocenters. The third kappa shape index (κ3) is 4.89. The third-order valence-electron chi connectivity index (χ3n) is 4.99. The molecule has 0 aliphatic heterocycles. The second-order valence-electron chi connectivity index (χ2n) is 7.41. The van der Waals surface area contributed by atoms with Crippen LogP contribution in [0.15, 0.2) is 83.8 Å². The van der Waals surface area contributed by atoms with Crippen molar-refractivity contribution in [1.29, 1.82) is 0 Å². The zero-order valence-corrected chi connectivity index (χ0v) is 18.2. The summed E-state index contributed by atoms with van der Waals surface area (Å²) in [6.07, 6.45) is 0. The Labute approximate surface area is 178 Å². The standard InChI is InChI=1S/C24H26N2O3S/c1-18-9-11-20(12-10-18)24(27)25-17-23(19-13-15-21(16-14-19)26(2)3)30(28,29)22-7-5-4-6-8-22/h4-16,23H,17H2,1-3H3,(H,25,27)/t23-/m1/s1. The summed E-state index contributed by atoms with van der Waals surface area (Å²) < 4.78 is 26.8. The van der Waals surface area contributed by atoms with Gasteiger partial charge in [-0.1, -0.05) is 48.0 Å². The molecule has 5 nitrogen and oxygen atoms in total. The van der Waals surface area contributed by atoms with E-state index in [-0.39, 0.29) is 17.3 Å². The number of nitrogens with zero attached hydrogens (tertiary/aromatic N) is 1. The van der Waals surface area contributed by atoms with Gasteiger partial charge >= 0.3 is 0 Å². The Morgan fingerprint density at radius 3 is 2.07 bits per heavy atom. The minimum Gasteiger partial charge on any atom is -0.378 e. The molecule has 0 fully saturated rings. The molecule has 3 aromatic carbocycles. The molecular formula is C24H26N2O3S. The molecule has 3 aromatic rings. The highest BCUT2D eigenvalue weighted by atomic mass is 32.2. The topological polar surface area (TPSA) is 66.5 Å². The molecule has 1 N–H and O–H groups in total. The smallest absolute Gasteiger partial charge is 0.251 e. The fourth-order valence-electron chi connectivity index (χ4n) is 3.16. The fraction of sp³-hybridized carbons (Fsp3) is 0.208. The lowest BCUT2D eigenvalue weighted by molar-refractivity contribution is 0.0953. The molecule has 0 saturated heterocycles. The van der Waals surface area contributed by atoms with E-state index in [0.29, 0.717) is 11.1 Å². The molecule has 0 aromatic heterocycles. The third-order valence-corrected chi connectivity index (χ3v) is 7.11. The van der Waals surface area contributed by atoms with Crippen LogP contribution < -0.4 is 10.2 Å². The van der Waals surface area contributed by atoms with Crippen LogP contribution in [-0.2, 0) is 9.84 Å². The zero-order valence-electron chi connectivity index (χ0n) is 17.4. The first-order chi connectivity index (χ1) is 14.3. The first-order valence-electron chi connectivity index (χ1n) is 9.70. The summed E-state index contributed by atoms with van der Waals surface area (Å²) in [5.41, 5.74) is 3.16. The zero-order chi connectivity index (χ0) is 21.7. The molecule has 0 heterocycles. The van der Waals surface area contributed by atoms with E-state index >= 15 is 0 Å². The van der Waals surface area contributed by atoms with E-state index in [1.54, 1.807) is 54.6 Å². The van der Waals surface area contributed by atoms with Gasteiger partial charge in [-0.25, -0.2) is 8.42 Å². The van der Waals surface area contributed by atoms with Gasteiger partial charge in [0.15, 0.2) is 9.84 Å². The number of anilines is 1. The van der Waals surface area contributed by atoms with Crippen LogP contribution in [-0.4, -0.2) is 35.0 Å². The monoisotopic (exact) mass is 422 g/mol. The summed E-state index contributed by atoms with van der Waals surface area (Å²) in [6.45, 7) is 1.92. The summed E-state index contributed by atoms with van der Waals surface area (Å²) in [4.78, 5) is 14.8. The normalized spacial score (nSPS) is 12.2. The van der Waals surface area contributed by atoms with Crippen LogP contribution in [0.4, 0.5) is 5.69 Å². The molecule has 0 unspecified atom stereocenters. The lowest BCUT2D eigenvalue weighted by atomic mass is 10.1. The first-order valence-corrected chi connectivity index (χ1v) is 11.2. The van der Waals surface area contributed by atoms with Gasteiger partial charge in [0.05, 0.1) is 4.90 Å². The molecule has 3 rings (SSSR count). The predicted octanol–water partition coefficient (Wildman–Crippen LogP) is 4.01. The van der Waals surface area contributed by atoms with Crippen molar-refractivity contribution in [3.8, 4) is 0 Å². The van der Waals surface area contributed by atoms with Gasteiger partial charge in [-0.2, -0.15) is 0 Å². The van der Waals surface area contributed by atoms with Crippen molar-refractivity contribution in [3.63, 3.8) is 0 Å². The van der Waals surface area contributed by atoms with Gasteiger partial charge in [0.1, 0.15) is 5.25 Å². The molecule has 156 valence electrons. The maximum atomic E-state index is 13.4. The van der Waals surface area contributed by atoms with E-state index in [4.69, 9.17) is 0 Å². The van der Waals surface area contributed by atoms with Crippen molar-refractivity contribution in [2.45, 2.75) is 17.1 Å². The summed E-state index contributed by atoms with van der Waals surface area (Å²) in [7, 11) is 0.151. The SMILES string of the molecule is Cc1ccc(C(=O)NC[C@H](c2ccc(N(C)C)cc2)S(=O)(=O)c2ccccc2)cc1. The summed E-state index contributed by atoms with van der Waals surface area (Å²) in [5.74, 6) is -0.298. The Balaban J connectivity index is 1.91. The van der Waals surface area contributed by atoms with Crippen molar-refractivity contribution in [2.75, 3.05) is 25.5 Å². The van der Waals surface area contributed by atoms with Crippen molar-refractivity contribution >= 4 is 21.4 Å². The lowest BCUT2D eigenvalue weighted by Gasteiger charge is -2.20. The van der Waals surface area contributed by atoms with Gasteiger partial charge < -0.3 is 10.2 Å². The lowest BCUT2D eigenvalue weighted by Crippen LogP contribution is -2.32. The molecule has 0 aliphatic rings. The Morgan fingerprint density at radius 2 is 1.50 bits per heavy atom. The fourth-order valence-corrected chi connectivity index (χ4v) is 4.84. The molecule has 0 radical (unpaired) electrons. The van der Waals surface area contributed by atoms with Crippen molar-refractivity contribution in [3.05, 3.63) is 95.6 Å². The summed E-state index contributed by atoms with van der Waals surface area (Å²) >= 11 is 0. The highest BCUT2D eigenvalue weighted by Gasteiger charge is 2.29. The second kappa shape index (κ2) is 9.13. The number of amides is 1. The van der Waals surface area contributed by atoms with Crippen LogP contribution >= 0.6 is 0 Å². The van der Waals surface area contributed by atoms with E-state index in [9.17, 15) is 13.2 Å². The number of nitrogens with one attached hydrogen (secondary N) is 1. The molecule has 0 bridgehead atoms. The Bertz CT molecular complexity index is 1090. The Kier molecular flexibility index (Phi) is 6.57. The molecule has 30 heavy (non-hydrogen) atoms. The molecule has 0 spiro atoms. The predicted molar refractivity (Wildman–Crippen MR) is 121 cm³/mol. The van der Waals surface area contributed by atoms with E-state index in [2.05, 4.69) is 5.32 Å². The number of hydrogen-bond acceptors (Lipinski definition) is 4. The molecular weight excluding hydrogens is 396 g/mol. The van der Waals surface area contributed by atoms with E-state index in [0.717, 1.165) is 11.3 Å². The maximum absolute atomic E-state index is 13.4. The van der Waals surface area contributed by atoms with Gasteiger partial charge in [-0.05, 0) is 48.9 Å². The minimum atomic E-state index is -3.70. The minimum absolute atomic E-state index is 0.0226. The summed E-state index contributed by atoms with van der Waals surface area (Å²) in [5, 5.41) is 1.90. The number of carbonyl (C=O) groups is 1. The van der Waals surface area contributed by atoms with Gasteiger partial charge in [0.25, 0.3) is 5.91 Å². The van der Waals surface area contributed by atoms with Crippen LogP contribution in [0.5, 0.6) is 0 Å². The van der Waals surface area contributed by atoms with E-state index in [1.165, 1.54) is 0 Å². The summed E-state index contributed by atoms with van der Waals surface area (Å²) in [6, 6.07) is 22.9. The number of sulfone groups is 1. The highest BCUT2D eigenvalue weighted by Crippen LogP contribution is 2.29. The van der Waals surface area contributed by atoms with Crippen molar-refractivity contribution < 1.29 is 13.2 Å². The van der Waals surface area contributed by atoms with Crippen molar-refractivity contribution in [2.24, 2.45) is 0 Å². The van der Waals surface area contributed by atoms with Crippen LogP contribution in [0, 0.1) is 6.92 Å². The van der Waals surface area contributed by atoms with E-state index in [1.807, 2.05) is 50.2 Å². The maximum Gasteiger partial charge on any atom is 0.251 e. The van der Waals surface area contributed by atoms with Crippen LogP contribution in [0.2, 0.25) is 0 Å². The van der Waals surface area contributed by atoms with Crippen molar-refractivity contribution in [1.82, 2.24) is 5.32 Å². The quantitative estimate of drug-likeness (QED) is 0.625. The van der Waals surface area contributed by atoms with Crippen LogP contribution in [0.25, 0.3) is 0 Å². The average Bonchev–Trinajstić information content (AvgIpc) is 2.75. The number of aryl methyl sites for hydroxylation is 1. The molecule has 0 aliphatic carbocycles. The molecule has 6 heteroatoms. The van der Waals surface area contributed by atoms with Crippen LogP contribution in [0.1, 0.15) is 26.7 Å². The largest absolute Gasteiger partial charge is 0.378 e. The average molecular weight is 423 g/mol. The van der Waals surface area contributed by atoms with Gasteiger partial charge in [0.2, 0.25) is 0 Å².